The van der Waals surface area contributed by atoms with Crippen molar-refractivity contribution >= 4 is 15.9 Å². The molecule has 2 nitrogen and oxygen atoms in total. The molecule has 3 heteroatoms. The smallest absolute Gasteiger partial charge is 0.119 e. The van der Waals surface area contributed by atoms with Crippen molar-refractivity contribution in [3.63, 3.8) is 0 Å². The minimum atomic E-state index is 0.162. The van der Waals surface area contributed by atoms with E-state index in [1.54, 1.807) is 7.11 Å². The van der Waals surface area contributed by atoms with Crippen LogP contribution in [0.2, 0.25) is 0 Å². The fraction of sp³-hybridized carbons (Fsp3) is 0.294. The second-order valence-corrected chi connectivity index (χ2v) is 5.82. The predicted octanol–water partition coefficient (Wildman–Crippen LogP) is 4.38. The number of methoxy groups -OCH3 is 1. The summed E-state index contributed by atoms with van der Waals surface area (Å²) in [5.41, 5.74) is 4.99. The molecule has 0 aliphatic heterocycles. The van der Waals surface area contributed by atoms with E-state index in [1.807, 2.05) is 13.1 Å². The number of benzene rings is 2. The Bertz CT molecular complexity index is 610. The summed E-state index contributed by atoms with van der Waals surface area (Å²) in [6, 6.07) is 12.8. The Labute approximate surface area is 129 Å². The molecule has 0 heterocycles. The largest absolute Gasteiger partial charge is 0.497 e. The molecule has 0 aromatic heterocycles. The van der Waals surface area contributed by atoms with E-state index in [-0.39, 0.29) is 6.04 Å². The van der Waals surface area contributed by atoms with Crippen LogP contribution in [-0.2, 0) is 0 Å². The average Bonchev–Trinajstić information content (AvgIpc) is 2.44. The summed E-state index contributed by atoms with van der Waals surface area (Å²) in [5.74, 6) is 0.893. The van der Waals surface area contributed by atoms with E-state index < -0.39 is 0 Å². The SMILES string of the molecule is CNC(c1ccc(OC)cc1C)c1cc(C)ccc1Br. The van der Waals surface area contributed by atoms with Crippen molar-refractivity contribution in [1.82, 2.24) is 5.32 Å². The van der Waals surface area contributed by atoms with E-state index in [0.29, 0.717) is 0 Å². The number of ether oxygens (including phenoxy) is 1. The molecular weight excluding hydrogens is 314 g/mol. The van der Waals surface area contributed by atoms with Gasteiger partial charge in [0.15, 0.2) is 0 Å². The molecule has 20 heavy (non-hydrogen) atoms. The third-order valence-electron chi connectivity index (χ3n) is 3.54. The van der Waals surface area contributed by atoms with Gasteiger partial charge in [-0.2, -0.15) is 0 Å². The number of nitrogens with one attached hydrogen (secondary N) is 1. The maximum absolute atomic E-state index is 5.28. The summed E-state index contributed by atoms with van der Waals surface area (Å²) < 4.78 is 6.41. The molecule has 0 spiro atoms. The summed E-state index contributed by atoms with van der Waals surface area (Å²) in [4.78, 5) is 0. The molecule has 2 aromatic rings. The minimum Gasteiger partial charge on any atom is -0.497 e. The lowest BCUT2D eigenvalue weighted by Gasteiger charge is -2.21. The molecule has 0 bridgehead atoms. The van der Waals surface area contributed by atoms with E-state index in [1.165, 1.54) is 22.3 Å². The number of rotatable bonds is 4. The van der Waals surface area contributed by atoms with Gasteiger partial charge in [0.05, 0.1) is 13.2 Å². The van der Waals surface area contributed by atoms with Crippen LogP contribution >= 0.6 is 15.9 Å². The lowest BCUT2D eigenvalue weighted by molar-refractivity contribution is 0.414. The van der Waals surface area contributed by atoms with E-state index in [0.717, 1.165) is 10.2 Å². The Hall–Kier alpha value is -1.32. The Morgan fingerprint density at radius 3 is 2.40 bits per heavy atom. The summed E-state index contributed by atoms with van der Waals surface area (Å²) in [6.45, 7) is 4.23. The van der Waals surface area contributed by atoms with Crippen LogP contribution in [0.15, 0.2) is 40.9 Å². The Balaban J connectivity index is 2.49. The topological polar surface area (TPSA) is 21.3 Å². The molecule has 0 amide bonds. The van der Waals surface area contributed by atoms with Gasteiger partial charge in [0, 0.05) is 4.47 Å². The van der Waals surface area contributed by atoms with Gasteiger partial charge >= 0.3 is 0 Å². The minimum absolute atomic E-state index is 0.162. The van der Waals surface area contributed by atoms with Gasteiger partial charge in [0.2, 0.25) is 0 Å². The highest BCUT2D eigenvalue weighted by molar-refractivity contribution is 9.10. The second kappa shape index (κ2) is 6.42. The molecule has 1 atom stereocenters. The molecule has 0 radical (unpaired) electrons. The van der Waals surface area contributed by atoms with Gasteiger partial charge in [-0.15, -0.1) is 0 Å². The van der Waals surface area contributed by atoms with Crippen molar-refractivity contribution in [2.75, 3.05) is 14.2 Å². The monoisotopic (exact) mass is 333 g/mol. The molecule has 0 saturated carbocycles. The first-order valence-corrected chi connectivity index (χ1v) is 7.44. The first-order valence-electron chi connectivity index (χ1n) is 6.64. The van der Waals surface area contributed by atoms with Crippen LogP contribution in [0.5, 0.6) is 5.75 Å². The number of hydrogen-bond donors (Lipinski definition) is 1. The van der Waals surface area contributed by atoms with Crippen LogP contribution in [0, 0.1) is 13.8 Å². The molecule has 2 aromatic carbocycles. The van der Waals surface area contributed by atoms with Gasteiger partial charge in [-0.1, -0.05) is 39.7 Å². The van der Waals surface area contributed by atoms with Gasteiger partial charge in [0.25, 0.3) is 0 Å². The van der Waals surface area contributed by atoms with Crippen LogP contribution in [0.25, 0.3) is 0 Å². The zero-order chi connectivity index (χ0) is 14.7. The normalized spacial score (nSPS) is 12.2. The van der Waals surface area contributed by atoms with Crippen LogP contribution in [-0.4, -0.2) is 14.2 Å². The van der Waals surface area contributed by atoms with E-state index in [9.17, 15) is 0 Å². The summed E-state index contributed by atoms with van der Waals surface area (Å²) in [5, 5.41) is 3.41. The molecular formula is C17H20BrNO. The molecule has 106 valence electrons. The van der Waals surface area contributed by atoms with Crippen LogP contribution < -0.4 is 10.1 Å². The fourth-order valence-corrected chi connectivity index (χ4v) is 2.94. The highest BCUT2D eigenvalue weighted by atomic mass is 79.9. The summed E-state index contributed by atoms with van der Waals surface area (Å²) in [6.07, 6.45) is 0. The lowest BCUT2D eigenvalue weighted by Crippen LogP contribution is -2.19. The number of halogens is 1. The van der Waals surface area contributed by atoms with Crippen LogP contribution in [0.4, 0.5) is 0 Å². The first-order chi connectivity index (χ1) is 9.56. The molecule has 0 saturated heterocycles. The van der Waals surface area contributed by atoms with E-state index in [2.05, 4.69) is 65.4 Å². The summed E-state index contributed by atoms with van der Waals surface area (Å²) >= 11 is 3.66. The van der Waals surface area contributed by atoms with Gasteiger partial charge in [-0.05, 0) is 55.8 Å². The van der Waals surface area contributed by atoms with Gasteiger partial charge < -0.3 is 10.1 Å². The Kier molecular flexibility index (Phi) is 4.84. The summed E-state index contributed by atoms with van der Waals surface area (Å²) in [7, 11) is 3.68. The highest BCUT2D eigenvalue weighted by Crippen LogP contribution is 2.32. The Morgan fingerprint density at radius 1 is 1.05 bits per heavy atom. The van der Waals surface area contributed by atoms with Crippen molar-refractivity contribution in [2.24, 2.45) is 0 Å². The zero-order valence-electron chi connectivity index (χ0n) is 12.3. The second-order valence-electron chi connectivity index (χ2n) is 4.97. The molecule has 2 rings (SSSR count). The third-order valence-corrected chi connectivity index (χ3v) is 4.26. The van der Waals surface area contributed by atoms with Crippen molar-refractivity contribution in [2.45, 2.75) is 19.9 Å². The van der Waals surface area contributed by atoms with Gasteiger partial charge in [-0.25, -0.2) is 0 Å². The Morgan fingerprint density at radius 2 is 1.80 bits per heavy atom. The molecule has 0 aliphatic rings. The zero-order valence-corrected chi connectivity index (χ0v) is 13.9. The molecule has 1 N–H and O–H groups in total. The number of hydrogen-bond acceptors (Lipinski definition) is 2. The average molecular weight is 334 g/mol. The van der Waals surface area contributed by atoms with Crippen LogP contribution in [0.1, 0.15) is 28.3 Å². The van der Waals surface area contributed by atoms with Gasteiger partial charge in [0.1, 0.15) is 5.75 Å². The van der Waals surface area contributed by atoms with Crippen molar-refractivity contribution in [3.8, 4) is 5.75 Å². The van der Waals surface area contributed by atoms with E-state index in [4.69, 9.17) is 4.74 Å². The quantitative estimate of drug-likeness (QED) is 0.896. The first kappa shape index (κ1) is 15.1. The fourth-order valence-electron chi connectivity index (χ4n) is 2.46. The highest BCUT2D eigenvalue weighted by Gasteiger charge is 2.17. The molecule has 0 fully saturated rings. The van der Waals surface area contributed by atoms with Crippen LogP contribution in [0.3, 0.4) is 0 Å². The van der Waals surface area contributed by atoms with Crippen molar-refractivity contribution < 1.29 is 4.74 Å². The maximum Gasteiger partial charge on any atom is 0.119 e. The third kappa shape index (κ3) is 3.05. The molecule has 0 aliphatic carbocycles. The predicted molar refractivity (Wildman–Crippen MR) is 87.5 cm³/mol. The van der Waals surface area contributed by atoms with E-state index >= 15 is 0 Å². The maximum atomic E-state index is 5.28. The molecule has 1 unspecified atom stereocenters. The van der Waals surface area contributed by atoms with Gasteiger partial charge in [-0.3, -0.25) is 0 Å². The standard InChI is InChI=1S/C17H20BrNO/c1-11-5-8-16(18)15(9-11)17(19-3)14-7-6-13(20-4)10-12(14)2/h5-10,17,19H,1-4H3. The van der Waals surface area contributed by atoms with Crippen molar-refractivity contribution in [3.05, 3.63) is 63.1 Å². The lowest BCUT2D eigenvalue weighted by atomic mass is 9.94. The van der Waals surface area contributed by atoms with Crippen molar-refractivity contribution in [1.29, 1.82) is 0 Å². The number of aryl methyl sites for hydroxylation is 2.